The van der Waals surface area contributed by atoms with Crippen molar-refractivity contribution in [3.05, 3.63) is 70.2 Å². The highest BCUT2D eigenvalue weighted by Gasteiger charge is 2.23. The smallest absolute Gasteiger partial charge is 0.221 e. The quantitative estimate of drug-likeness (QED) is 0.267. The summed E-state index contributed by atoms with van der Waals surface area (Å²) in [6, 6.07) is 16.4. The maximum absolute atomic E-state index is 11.5. The Morgan fingerprint density at radius 2 is 2.00 bits per heavy atom. The molecular weight excluding hydrogens is 537 g/mol. The number of piperidine rings is 1. The number of primary amides is 1. The molecule has 1 heterocycles. The summed E-state index contributed by atoms with van der Waals surface area (Å²) in [5.41, 5.74) is 8.95. The summed E-state index contributed by atoms with van der Waals surface area (Å²) >= 11 is 6.31. The van der Waals surface area contributed by atoms with Gasteiger partial charge in [0.2, 0.25) is 5.91 Å². The summed E-state index contributed by atoms with van der Waals surface area (Å²) in [5.74, 6) is 0.499. The first-order chi connectivity index (χ1) is 15.0. The Bertz CT molecular complexity index is 923. The molecule has 0 aromatic heterocycles. The molecule has 4 N–H and O–H groups in total. The zero-order chi connectivity index (χ0) is 22.2. The number of rotatable bonds is 7. The van der Waals surface area contributed by atoms with Gasteiger partial charge < -0.3 is 16.4 Å². The lowest BCUT2D eigenvalue weighted by atomic mass is 9.97. The van der Waals surface area contributed by atoms with Crippen molar-refractivity contribution < 1.29 is 4.79 Å². The van der Waals surface area contributed by atoms with Crippen molar-refractivity contribution >= 4 is 47.4 Å². The number of nitrogens with zero attached hydrogens (tertiary/aromatic N) is 2. The van der Waals surface area contributed by atoms with Crippen molar-refractivity contribution in [1.82, 2.24) is 15.5 Å². The van der Waals surface area contributed by atoms with Gasteiger partial charge in [0.05, 0.1) is 12.0 Å². The SMILES string of the molecule is CN=C(NCc1cccc(CN2CCCC(C(N)=O)C2)c1)NC(C)c1ccccc1Cl.I. The van der Waals surface area contributed by atoms with Gasteiger partial charge >= 0.3 is 0 Å². The number of aliphatic imine (C=N–C) groups is 1. The Kier molecular flexibility index (Phi) is 10.7. The molecular formula is C24H33ClIN5O. The summed E-state index contributed by atoms with van der Waals surface area (Å²) < 4.78 is 0. The second-order valence-electron chi connectivity index (χ2n) is 8.11. The fraction of sp³-hybridized carbons (Fsp3) is 0.417. The molecule has 8 heteroatoms. The van der Waals surface area contributed by atoms with Gasteiger partial charge in [-0.05, 0) is 49.1 Å². The summed E-state index contributed by atoms with van der Waals surface area (Å²) in [6.45, 7) is 5.30. The lowest BCUT2D eigenvalue weighted by molar-refractivity contribution is -0.123. The molecule has 2 aromatic rings. The molecule has 1 amide bonds. The predicted octanol–water partition coefficient (Wildman–Crippen LogP) is 4.08. The number of nitrogens with two attached hydrogens (primary N) is 1. The van der Waals surface area contributed by atoms with Gasteiger partial charge in [0.15, 0.2) is 5.96 Å². The number of hydrogen-bond acceptors (Lipinski definition) is 3. The Morgan fingerprint density at radius 3 is 2.72 bits per heavy atom. The highest BCUT2D eigenvalue weighted by Crippen LogP contribution is 2.22. The lowest BCUT2D eigenvalue weighted by Gasteiger charge is -2.31. The number of carbonyl (C=O) groups excluding carboxylic acids is 1. The average Bonchev–Trinajstić information content (AvgIpc) is 2.77. The predicted molar refractivity (Wildman–Crippen MR) is 142 cm³/mol. The third-order valence-corrected chi connectivity index (χ3v) is 6.06. The van der Waals surface area contributed by atoms with Crippen molar-refractivity contribution in [2.45, 2.75) is 38.9 Å². The molecule has 2 unspecified atom stereocenters. The third kappa shape index (κ3) is 7.64. The van der Waals surface area contributed by atoms with Crippen LogP contribution in [0.2, 0.25) is 5.02 Å². The van der Waals surface area contributed by atoms with Gasteiger partial charge in [-0.1, -0.05) is 54.1 Å². The molecule has 3 rings (SSSR count). The van der Waals surface area contributed by atoms with E-state index in [2.05, 4.69) is 51.7 Å². The first-order valence-corrected chi connectivity index (χ1v) is 11.1. The van der Waals surface area contributed by atoms with Crippen LogP contribution in [0.15, 0.2) is 53.5 Å². The minimum Gasteiger partial charge on any atom is -0.369 e. The molecule has 6 nitrogen and oxygen atoms in total. The number of benzene rings is 2. The van der Waals surface area contributed by atoms with E-state index in [1.54, 1.807) is 7.05 Å². The monoisotopic (exact) mass is 569 g/mol. The number of likely N-dealkylation sites (tertiary alicyclic amines) is 1. The van der Waals surface area contributed by atoms with E-state index in [1.165, 1.54) is 11.1 Å². The number of nitrogens with one attached hydrogen (secondary N) is 2. The molecule has 32 heavy (non-hydrogen) atoms. The van der Waals surface area contributed by atoms with Crippen molar-refractivity contribution in [3.63, 3.8) is 0 Å². The number of halogens is 2. The lowest BCUT2D eigenvalue weighted by Crippen LogP contribution is -2.40. The van der Waals surface area contributed by atoms with Crippen molar-refractivity contribution in [1.29, 1.82) is 0 Å². The van der Waals surface area contributed by atoms with E-state index < -0.39 is 0 Å². The van der Waals surface area contributed by atoms with Crippen LogP contribution < -0.4 is 16.4 Å². The van der Waals surface area contributed by atoms with Crippen molar-refractivity contribution in [3.8, 4) is 0 Å². The van der Waals surface area contributed by atoms with E-state index in [-0.39, 0.29) is 41.8 Å². The molecule has 0 saturated carbocycles. The number of carbonyl (C=O) groups is 1. The Morgan fingerprint density at radius 1 is 1.25 bits per heavy atom. The minimum atomic E-state index is -0.187. The largest absolute Gasteiger partial charge is 0.369 e. The number of hydrogen-bond donors (Lipinski definition) is 3. The van der Waals surface area contributed by atoms with Crippen LogP contribution in [-0.4, -0.2) is 36.9 Å². The molecule has 0 spiro atoms. The summed E-state index contributed by atoms with van der Waals surface area (Å²) in [5, 5.41) is 7.51. The molecule has 2 atom stereocenters. The highest BCUT2D eigenvalue weighted by molar-refractivity contribution is 14.0. The fourth-order valence-electron chi connectivity index (χ4n) is 4.02. The zero-order valence-electron chi connectivity index (χ0n) is 18.7. The van der Waals surface area contributed by atoms with E-state index in [9.17, 15) is 4.79 Å². The minimum absolute atomic E-state index is 0. The summed E-state index contributed by atoms with van der Waals surface area (Å²) in [6.07, 6.45) is 1.91. The zero-order valence-corrected chi connectivity index (χ0v) is 21.8. The van der Waals surface area contributed by atoms with E-state index in [0.29, 0.717) is 6.54 Å². The van der Waals surface area contributed by atoms with Crippen LogP contribution >= 0.6 is 35.6 Å². The summed E-state index contributed by atoms with van der Waals surface area (Å²) in [7, 11) is 1.76. The molecule has 0 bridgehead atoms. The van der Waals surface area contributed by atoms with E-state index in [0.717, 1.165) is 49.0 Å². The Labute approximate surface area is 213 Å². The molecule has 1 saturated heterocycles. The normalized spacial score (nSPS) is 17.8. The van der Waals surface area contributed by atoms with E-state index in [1.807, 2.05) is 24.3 Å². The molecule has 0 aliphatic carbocycles. The summed E-state index contributed by atoms with van der Waals surface area (Å²) in [4.78, 5) is 18.2. The van der Waals surface area contributed by atoms with Crippen LogP contribution in [0.5, 0.6) is 0 Å². The second kappa shape index (κ2) is 13.0. The molecule has 1 aliphatic rings. The molecule has 0 radical (unpaired) electrons. The van der Waals surface area contributed by atoms with Gasteiger partial charge in [-0.25, -0.2) is 0 Å². The first-order valence-electron chi connectivity index (χ1n) is 10.8. The highest BCUT2D eigenvalue weighted by atomic mass is 127. The standard InChI is InChI=1S/C24H32ClN5O.HI/c1-17(21-10-3-4-11-22(21)25)29-24(27-2)28-14-18-7-5-8-19(13-18)15-30-12-6-9-20(16-30)23(26)31;/h3-5,7-8,10-11,13,17,20H,6,9,12,14-16H2,1-2H3,(H2,26,31)(H2,27,28,29);1H. The second-order valence-corrected chi connectivity index (χ2v) is 8.52. The van der Waals surface area contributed by atoms with Crippen LogP contribution in [0.4, 0.5) is 0 Å². The van der Waals surface area contributed by atoms with Crippen LogP contribution in [0.25, 0.3) is 0 Å². The molecule has 2 aromatic carbocycles. The first kappa shape index (κ1) is 26.4. The Hall–Kier alpha value is -1.84. The fourth-order valence-corrected chi connectivity index (χ4v) is 4.32. The van der Waals surface area contributed by atoms with Crippen LogP contribution in [0.3, 0.4) is 0 Å². The molecule has 1 fully saturated rings. The molecule has 174 valence electrons. The maximum Gasteiger partial charge on any atom is 0.221 e. The van der Waals surface area contributed by atoms with E-state index in [4.69, 9.17) is 17.3 Å². The topological polar surface area (TPSA) is 82.8 Å². The molecule has 1 aliphatic heterocycles. The van der Waals surface area contributed by atoms with Crippen molar-refractivity contribution in [2.75, 3.05) is 20.1 Å². The van der Waals surface area contributed by atoms with Crippen molar-refractivity contribution in [2.24, 2.45) is 16.6 Å². The van der Waals surface area contributed by atoms with Gasteiger partial charge in [-0.3, -0.25) is 14.7 Å². The third-order valence-electron chi connectivity index (χ3n) is 5.71. The van der Waals surface area contributed by atoms with Crippen LogP contribution in [0, 0.1) is 5.92 Å². The number of guanidine groups is 1. The van der Waals surface area contributed by atoms with Gasteiger partial charge in [0, 0.05) is 31.7 Å². The van der Waals surface area contributed by atoms with Gasteiger partial charge in [0.1, 0.15) is 0 Å². The number of amides is 1. The van der Waals surface area contributed by atoms with Crippen LogP contribution in [0.1, 0.15) is 42.5 Å². The maximum atomic E-state index is 11.5. The van der Waals surface area contributed by atoms with Crippen LogP contribution in [-0.2, 0) is 17.9 Å². The average molecular weight is 570 g/mol. The Balaban J connectivity index is 0.00000363. The van der Waals surface area contributed by atoms with Gasteiger partial charge in [-0.2, -0.15) is 0 Å². The van der Waals surface area contributed by atoms with Gasteiger partial charge in [-0.15, -0.1) is 24.0 Å². The van der Waals surface area contributed by atoms with Gasteiger partial charge in [0.25, 0.3) is 0 Å². The van der Waals surface area contributed by atoms with E-state index >= 15 is 0 Å².